The molecule has 0 spiro atoms. The van der Waals surface area contributed by atoms with Gasteiger partial charge in [-0.25, -0.2) is 0 Å². The molecule has 0 saturated heterocycles. The summed E-state index contributed by atoms with van der Waals surface area (Å²) < 4.78 is 0. The van der Waals surface area contributed by atoms with Gasteiger partial charge in [0.15, 0.2) is 0 Å². The first-order valence-corrected chi connectivity index (χ1v) is 7.99. The topological polar surface area (TPSA) is 40.1 Å². The first kappa shape index (κ1) is 18.9. The highest BCUT2D eigenvalue weighted by atomic mass is 16.4. The summed E-state index contributed by atoms with van der Waals surface area (Å²) in [4.78, 5) is 10.6. The van der Waals surface area contributed by atoms with Crippen LogP contribution in [0.3, 0.4) is 0 Å². The van der Waals surface area contributed by atoms with E-state index in [1.54, 1.807) is 6.92 Å². The number of hydrogen-bond donors (Lipinski definition) is 0. The molecule has 0 radical (unpaired) electrons. The van der Waals surface area contributed by atoms with Crippen molar-refractivity contribution < 1.29 is 9.90 Å². The van der Waals surface area contributed by atoms with E-state index in [4.69, 9.17) is 0 Å². The summed E-state index contributed by atoms with van der Waals surface area (Å²) in [7, 11) is 0. The third-order valence-electron chi connectivity index (χ3n) is 3.69. The predicted octanol–water partition coefficient (Wildman–Crippen LogP) is 4.41. The molecule has 0 aliphatic carbocycles. The molecule has 0 saturated carbocycles. The Balaban J connectivity index is 3.80. The molecule has 0 aromatic rings. The van der Waals surface area contributed by atoms with Crippen LogP contribution in [0, 0.1) is 5.92 Å². The van der Waals surface area contributed by atoms with Crippen LogP contribution >= 0.6 is 0 Å². The summed E-state index contributed by atoms with van der Waals surface area (Å²) in [5, 5.41) is 10.6. The standard InChI is InChI=1S/C18H32O2/c1-5-6-7-10-15(2)11-8-12-16(3)13-9-14-17(4)18(19)20/h10,12,17H,5-9,11,13-14H2,1-4H3,(H,19,20)/p-1/b15-10+,16-12+. The van der Waals surface area contributed by atoms with Crippen LogP contribution in [-0.4, -0.2) is 5.97 Å². The van der Waals surface area contributed by atoms with Crippen molar-refractivity contribution in [2.45, 2.75) is 79.1 Å². The minimum Gasteiger partial charge on any atom is -0.550 e. The molecule has 0 aromatic heterocycles. The Morgan fingerprint density at radius 1 is 1.05 bits per heavy atom. The Morgan fingerprint density at radius 3 is 2.25 bits per heavy atom. The van der Waals surface area contributed by atoms with Gasteiger partial charge in [0.1, 0.15) is 0 Å². The number of hydrogen-bond acceptors (Lipinski definition) is 2. The van der Waals surface area contributed by atoms with Gasteiger partial charge in [-0.2, -0.15) is 0 Å². The second-order valence-electron chi connectivity index (χ2n) is 5.89. The lowest BCUT2D eigenvalue weighted by Crippen LogP contribution is -2.29. The van der Waals surface area contributed by atoms with Gasteiger partial charge in [0.05, 0.1) is 0 Å². The van der Waals surface area contributed by atoms with E-state index in [9.17, 15) is 9.90 Å². The summed E-state index contributed by atoms with van der Waals surface area (Å²) in [5.41, 5.74) is 2.85. The van der Waals surface area contributed by atoms with Crippen molar-refractivity contribution in [2.75, 3.05) is 0 Å². The molecule has 116 valence electrons. The van der Waals surface area contributed by atoms with Gasteiger partial charge in [-0.05, 0) is 58.3 Å². The summed E-state index contributed by atoms with van der Waals surface area (Å²) in [6, 6.07) is 0. The molecule has 0 aliphatic rings. The summed E-state index contributed by atoms with van der Waals surface area (Å²) in [5.74, 6) is -1.26. The third kappa shape index (κ3) is 10.8. The fourth-order valence-electron chi connectivity index (χ4n) is 2.11. The van der Waals surface area contributed by atoms with E-state index >= 15 is 0 Å². The van der Waals surface area contributed by atoms with E-state index in [0.29, 0.717) is 6.42 Å². The third-order valence-corrected chi connectivity index (χ3v) is 3.69. The van der Waals surface area contributed by atoms with Gasteiger partial charge < -0.3 is 9.90 Å². The van der Waals surface area contributed by atoms with Crippen LogP contribution in [-0.2, 0) is 4.79 Å². The molecule has 0 fully saturated rings. The maximum Gasteiger partial charge on any atom is 0.0442 e. The molecule has 2 nitrogen and oxygen atoms in total. The molecule has 20 heavy (non-hydrogen) atoms. The molecule has 2 heteroatoms. The highest BCUT2D eigenvalue weighted by Gasteiger charge is 2.02. The van der Waals surface area contributed by atoms with E-state index in [0.717, 1.165) is 25.7 Å². The number of carboxylic acid groups (broad SMARTS) is 1. The minimum absolute atomic E-state index is 0.327. The largest absolute Gasteiger partial charge is 0.550 e. The monoisotopic (exact) mass is 279 g/mol. The predicted molar refractivity (Wildman–Crippen MR) is 84.3 cm³/mol. The molecule has 0 N–H and O–H groups in total. The molecule has 0 heterocycles. The maximum absolute atomic E-state index is 10.6. The Kier molecular flexibility index (Phi) is 11.1. The van der Waals surface area contributed by atoms with Crippen molar-refractivity contribution in [3.05, 3.63) is 23.3 Å². The number of unbranched alkanes of at least 4 members (excludes halogenated alkanes) is 2. The van der Waals surface area contributed by atoms with E-state index in [2.05, 4.69) is 32.9 Å². The summed E-state index contributed by atoms with van der Waals surface area (Å²) in [6.07, 6.45) is 13.3. The number of carboxylic acids is 1. The SMILES string of the molecule is CCCC/C=C(\C)CC/C=C(\C)CCCC(C)C(=O)[O-]. The van der Waals surface area contributed by atoms with Gasteiger partial charge >= 0.3 is 0 Å². The molecular formula is C18H31O2-. The fraction of sp³-hybridized carbons (Fsp3) is 0.722. The van der Waals surface area contributed by atoms with Crippen LogP contribution in [0.5, 0.6) is 0 Å². The van der Waals surface area contributed by atoms with Gasteiger partial charge in [0.2, 0.25) is 0 Å². The summed E-state index contributed by atoms with van der Waals surface area (Å²) in [6.45, 7) is 8.29. The zero-order valence-corrected chi connectivity index (χ0v) is 13.7. The van der Waals surface area contributed by atoms with Crippen molar-refractivity contribution in [1.29, 1.82) is 0 Å². The maximum atomic E-state index is 10.6. The van der Waals surface area contributed by atoms with E-state index in [1.165, 1.54) is 30.4 Å². The highest BCUT2D eigenvalue weighted by Crippen LogP contribution is 2.14. The highest BCUT2D eigenvalue weighted by molar-refractivity contribution is 5.66. The molecular weight excluding hydrogens is 248 g/mol. The zero-order chi connectivity index (χ0) is 15.4. The van der Waals surface area contributed by atoms with Crippen molar-refractivity contribution in [2.24, 2.45) is 5.92 Å². The molecule has 0 aromatic carbocycles. The smallest absolute Gasteiger partial charge is 0.0442 e. The summed E-state index contributed by atoms with van der Waals surface area (Å²) >= 11 is 0. The second kappa shape index (κ2) is 11.7. The van der Waals surface area contributed by atoms with Gasteiger partial charge in [-0.1, -0.05) is 50.0 Å². The van der Waals surface area contributed by atoms with E-state index in [1.807, 2.05) is 0 Å². The van der Waals surface area contributed by atoms with Crippen LogP contribution in [0.4, 0.5) is 0 Å². The second-order valence-corrected chi connectivity index (χ2v) is 5.89. The lowest BCUT2D eigenvalue weighted by molar-refractivity contribution is -0.311. The minimum atomic E-state index is -0.931. The molecule has 1 atom stereocenters. The number of carbonyl (C=O) groups excluding carboxylic acids is 1. The molecule has 1 unspecified atom stereocenters. The normalized spacial score (nSPS) is 14.4. The lowest BCUT2D eigenvalue weighted by atomic mass is 10.0. The average Bonchev–Trinajstić information content (AvgIpc) is 2.38. The fourth-order valence-corrected chi connectivity index (χ4v) is 2.11. The Labute approximate surface area is 125 Å². The molecule has 0 aliphatic heterocycles. The van der Waals surface area contributed by atoms with Crippen LogP contribution < -0.4 is 5.11 Å². The Hall–Kier alpha value is -1.05. The van der Waals surface area contributed by atoms with Crippen molar-refractivity contribution >= 4 is 5.97 Å². The first-order valence-electron chi connectivity index (χ1n) is 7.99. The van der Waals surface area contributed by atoms with E-state index < -0.39 is 5.97 Å². The van der Waals surface area contributed by atoms with Crippen molar-refractivity contribution in [1.82, 2.24) is 0 Å². The zero-order valence-electron chi connectivity index (χ0n) is 13.7. The van der Waals surface area contributed by atoms with E-state index in [-0.39, 0.29) is 5.92 Å². The number of carbonyl (C=O) groups is 1. The lowest BCUT2D eigenvalue weighted by Gasteiger charge is -2.11. The van der Waals surface area contributed by atoms with Crippen LogP contribution in [0.15, 0.2) is 23.3 Å². The van der Waals surface area contributed by atoms with Crippen molar-refractivity contribution in [3.63, 3.8) is 0 Å². The Morgan fingerprint density at radius 2 is 1.65 bits per heavy atom. The van der Waals surface area contributed by atoms with Crippen molar-refractivity contribution in [3.8, 4) is 0 Å². The van der Waals surface area contributed by atoms with Gasteiger partial charge in [0, 0.05) is 5.97 Å². The van der Waals surface area contributed by atoms with Crippen LogP contribution in [0.25, 0.3) is 0 Å². The Bertz CT molecular complexity index is 326. The molecule has 0 bridgehead atoms. The van der Waals surface area contributed by atoms with Gasteiger partial charge in [0.25, 0.3) is 0 Å². The van der Waals surface area contributed by atoms with Gasteiger partial charge in [-0.15, -0.1) is 0 Å². The molecule has 0 amide bonds. The van der Waals surface area contributed by atoms with Gasteiger partial charge in [-0.3, -0.25) is 0 Å². The number of aliphatic carboxylic acids is 1. The quantitative estimate of drug-likeness (QED) is 0.415. The van der Waals surface area contributed by atoms with Crippen LogP contribution in [0.2, 0.25) is 0 Å². The molecule has 0 rings (SSSR count). The number of rotatable bonds is 11. The number of allylic oxidation sites excluding steroid dienone is 4. The van der Waals surface area contributed by atoms with Crippen LogP contribution in [0.1, 0.15) is 79.1 Å². The first-order chi connectivity index (χ1) is 9.47. The average molecular weight is 279 g/mol.